The van der Waals surface area contributed by atoms with Crippen LogP contribution in [-0.2, 0) is 5.41 Å². The average Bonchev–Trinajstić information content (AvgIpc) is 2.45. The van der Waals surface area contributed by atoms with E-state index in [1.165, 1.54) is 11.3 Å². The van der Waals surface area contributed by atoms with Gasteiger partial charge in [-0.25, -0.2) is 0 Å². The van der Waals surface area contributed by atoms with E-state index >= 15 is 0 Å². The molecular weight excluding hydrogens is 218 g/mol. The average molecular weight is 232 g/mol. The van der Waals surface area contributed by atoms with Crippen molar-refractivity contribution in [1.29, 1.82) is 0 Å². The van der Waals surface area contributed by atoms with Crippen molar-refractivity contribution >= 4 is 28.8 Å². The number of amides is 1. The molecule has 4 heteroatoms. The predicted octanol–water partition coefficient (Wildman–Crippen LogP) is 3.06. The quantitative estimate of drug-likeness (QED) is 0.791. The summed E-state index contributed by atoms with van der Waals surface area (Å²) >= 11 is 7.45. The fraction of sp³-hybridized carbons (Fsp3) is 0.500. The van der Waals surface area contributed by atoms with Gasteiger partial charge in [-0.15, -0.1) is 11.3 Å². The van der Waals surface area contributed by atoms with Gasteiger partial charge in [-0.1, -0.05) is 32.4 Å². The number of hydrogen-bond donors (Lipinski definition) is 1. The third kappa shape index (κ3) is 2.28. The summed E-state index contributed by atoms with van der Waals surface area (Å²) in [5, 5.41) is 2.57. The lowest BCUT2D eigenvalue weighted by molar-refractivity contribution is 0.0963. The Morgan fingerprint density at radius 3 is 2.43 bits per heavy atom. The maximum atomic E-state index is 11.4. The molecule has 1 aromatic rings. The molecule has 1 N–H and O–H groups in total. The Bertz CT molecular complexity index is 351. The Morgan fingerprint density at radius 1 is 1.50 bits per heavy atom. The van der Waals surface area contributed by atoms with E-state index in [1.54, 1.807) is 7.05 Å². The molecule has 0 spiro atoms. The molecule has 0 unspecified atom stereocenters. The van der Waals surface area contributed by atoms with E-state index in [1.807, 2.05) is 6.07 Å². The monoisotopic (exact) mass is 231 g/mol. The number of carbonyl (C=O) groups is 1. The summed E-state index contributed by atoms with van der Waals surface area (Å²) in [6.45, 7) is 6.30. The van der Waals surface area contributed by atoms with Gasteiger partial charge >= 0.3 is 0 Å². The summed E-state index contributed by atoms with van der Waals surface area (Å²) in [4.78, 5) is 12.5. The van der Waals surface area contributed by atoms with Gasteiger partial charge < -0.3 is 5.32 Å². The van der Waals surface area contributed by atoms with Gasteiger partial charge in [0.05, 0.1) is 5.56 Å². The summed E-state index contributed by atoms with van der Waals surface area (Å²) < 4.78 is 0.564. The molecule has 1 aromatic heterocycles. The summed E-state index contributed by atoms with van der Waals surface area (Å²) in [6, 6.07) is 1.87. The second-order valence-corrected chi connectivity index (χ2v) is 5.78. The molecule has 1 rings (SSSR count). The molecule has 0 aliphatic rings. The SMILES string of the molecule is CNC(=O)c1cc(C(C)(C)C)sc1Cl. The normalized spacial score (nSPS) is 11.5. The van der Waals surface area contributed by atoms with Crippen molar-refractivity contribution in [2.45, 2.75) is 26.2 Å². The minimum absolute atomic E-state index is 0.0422. The number of rotatable bonds is 1. The van der Waals surface area contributed by atoms with Crippen LogP contribution in [0.5, 0.6) is 0 Å². The Balaban J connectivity index is 3.12. The van der Waals surface area contributed by atoms with E-state index in [-0.39, 0.29) is 11.3 Å². The highest BCUT2D eigenvalue weighted by Gasteiger charge is 2.21. The van der Waals surface area contributed by atoms with Crippen LogP contribution in [-0.4, -0.2) is 13.0 Å². The van der Waals surface area contributed by atoms with Crippen molar-refractivity contribution in [2.75, 3.05) is 7.05 Å². The van der Waals surface area contributed by atoms with E-state index in [9.17, 15) is 4.79 Å². The van der Waals surface area contributed by atoms with Crippen molar-refractivity contribution < 1.29 is 4.79 Å². The van der Waals surface area contributed by atoms with Gasteiger partial charge in [0.2, 0.25) is 0 Å². The summed E-state index contributed by atoms with van der Waals surface area (Å²) in [5.74, 6) is -0.123. The molecule has 1 heterocycles. The molecule has 0 aliphatic heterocycles. The van der Waals surface area contributed by atoms with Crippen LogP contribution >= 0.6 is 22.9 Å². The van der Waals surface area contributed by atoms with Crippen LogP contribution in [0.25, 0.3) is 0 Å². The van der Waals surface area contributed by atoms with Crippen LogP contribution in [0.3, 0.4) is 0 Å². The van der Waals surface area contributed by atoms with Gasteiger partial charge in [0.15, 0.2) is 0 Å². The maximum Gasteiger partial charge on any atom is 0.253 e. The van der Waals surface area contributed by atoms with E-state index in [4.69, 9.17) is 11.6 Å². The summed E-state index contributed by atoms with van der Waals surface area (Å²) in [6.07, 6.45) is 0. The molecule has 0 saturated heterocycles. The highest BCUT2D eigenvalue weighted by atomic mass is 35.5. The molecule has 0 saturated carbocycles. The summed E-state index contributed by atoms with van der Waals surface area (Å²) in [5.41, 5.74) is 0.615. The standard InChI is InChI=1S/C10H14ClNOS/c1-10(2,3)7-5-6(8(11)14-7)9(13)12-4/h5H,1-4H3,(H,12,13). The lowest BCUT2D eigenvalue weighted by atomic mass is 9.94. The second-order valence-electron chi connectivity index (χ2n) is 4.13. The van der Waals surface area contributed by atoms with Gasteiger partial charge in [-0.3, -0.25) is 4.79 Å². The number of nitrogens with one attached hydrogen (secondary N) is 1. The third-order valence-corrected chi connectivity index (χ3v) is 3.68. The van der Waals surface area contributed by atoms with Crippen LogP contribution in [0, 0.1) is 0 Å². The van der Waals surface area contributed by atoms with Crippen molar-refractivity contribution in [3.63, 3.8) is 0 Å². The van der Waals surface area contributed by atoms with Gasteiger partial charge in [0.25, 0.3) is 5.91 Å². The fourth-order valence-electron chi connectivity index (χ4n) is 1.03. The highest BCUT2D eigenvalue weighted by molar-refractivity contribution is 7.16. The van der Waals surface area contributed by atoms with Crippen molar-refractivity contribution in [2.24, 2.45) is 0 Å². The van der Waals surface area contributed by atoms with Gasteiger partial charge in [-0.05, 0) is 11.5 Å². The minimum atomic E-state index is -0.123. The van der Waals surface area contributed by atoms with E-state index in [0.717, 1.165) is 4.88 Å². The molecule has 0 radical (unpaired) electrons. The molecule has 0 aliphatic carbocycles. The Kier molecular flexibility index (Phi) is 3.22. The van der Waals surface area contributed by atoms with Crippen LogP contribution in [0.15, 0.2) is 6.07 Å². The summed E-state index contributed by atoms with van der Waals surface area (Å²) in [7, 11) is 1.60. The van der Waals surface area contributed by atoms with Crippen LogP contribution in [0.2, 0.25) is 4.34 Å². The van der Waals surface area contributed by atoms with Gasteiger partial charge in [-0.2, -0.15) is 0 Å². The topological polar surface area (TPSA) is 29.1 Å². The lowest BCUT2D eigenvalue weighted by Crippen LogP contribution is -2.17. The Hall–Kier alpha value is -0.540. The number of thiophene rings is 1. The molecule has 0 fully saturated rings. The first-order valence-electron chi connectivity index (χ1n) is 4.38. The number of halogens is 1. The van der Waals surface area contributed by atoms with E-state index in [0.29, 0.717) is 9.90 Å². The lowest BCUT2D eigenvalue weighted by Gasteiger charge is -2.14. The maximum absolute atomic E-state index is 11.4. The third-order valence-electron chi connectivity index (χ3n) is 1.90. The number of hydrogen-bond acceptors (Lipinski definition) is 2. The minimum Gasteiger partial charge on any atom is -0.355 e. The smallest absolute Gasteiger partial charge is 0.253 e. The van der Waals surface area contributed by atoms with Crippen molar-refractivity contribution in [3.05, 3.63) is 20.8 Å². The fourth-order valence-corrected chi connectivity index (χ4v) is 2.36. The Morgan fingerprint density at radius 2 is 2.07 bits per heavy atom. The second kappa shape index (κ2) is 3.91. The number of carbonyl (C=O) groups excluding carboxylic acids is 1. The molecule has 78 valence electrons. The van der Waals surface area contributed by atoms with Gasteiger partial charge in [0, 0.05) is 11.9 Å². The first-order chi connectivity index (χ1) is 6.36. The molecule has 0 aromatic carbocycles. The largest absolute Gasteiger partial charge is 0.355 e. The first kappa shape index (κ1) is 11.5. The zero-order valence-corrected chi connectivity index (χ0v) is 10.3. The van der Waals surface area contributed by atoms with E-state index in [2.05, 4.69) is 26.1 Å². The van der Waals surface area contributed by atoms with Crippen molar-refractivity contribution in [1.82, 2.24) is 5.32 Å². The Labute approximate surface area is 93.3 Å². The van der Waals surface area contributed by atoms with E-state index < -0.39 is 0 Å². The van der Waals surface area contributed by atoms with Crippen LogP contribution in [0.1, 0.15) is 36.0 Å². The highest BCUT2D eigenvalue weighted by Crippen LogP contribution is 2.35. The zero-order chi connectivity index (χ0) is 10.9. The molecular formula is C10H14ClNOS. The first-order valence-corrected chi connectivity index (χ1v) is 5.57. The van der Waals surface area contributed by atoms with Crippen LogP contribution in [0.4, 0.5) is 0 Å². The predicted molar refractivity (Wildman–Crippen MR) is 61.4 cm³/mol. The zero-order valence-electron chi connectivity index (χ0n) is 8.77. The molecule has 0 bridgehead atoms. The molecule has 1 amide bonds. The molecule has 0 atom stereocenters. The van der Waals surface area contributed by atoms with Crippen molar-refractivity contribution in [3.8, 4) is 0 Å². The molecule has 2 nitrogen and oxygen atoms in total. The van der Waals surface area contributed by atoms with Crippen LogP contribution < -0.4 is 5.32 Å². The molecule has 14 heavy (non-hydrogen) atoms. The van der Waals surface area contributed by atoms with Gasteiger partial charge in [0.1, 0.15) is 4.34 Å².